The fourth-order valence-corrected chi connectivity index (χ4v) is 2.74. The Labute approximate surface area is 140 Å². The fraction of sp³-hybridized carbons (Fsp3) is 0.353. The van der Waals surface area contributed by atoms with Crippen molar-refractivity contribution >= 4 is 17.6 Å². The van der Waals surface area contributed by atoms with Crippen LogP contribution in [0.4, 0.5) is 10.5 Å². The number of carbonyl (C=O) groups is 2. The molecule has 0 aliphatic carbocycles. The molecule has 1 aliphatic rings. The minimum Gasteiger partial charge on any atom is -0.334 e. The van der Waals surface area contributed by atoms with Crippen LogP contribution in [0.3, 0.4) is 0 Å². The van der Waals surface area contributed by atoms with Crippen molar-refractivity contribution in [2.45, 2.75) is 19.9 Å². The zero-order valence-corrected chi connectivity index (χ0v) is 14.1. The molecule has 126 valence electrons. The third-order valence-corrected chi connectivity index (χ3v) is 4.14. The van der Waals surface area contributed by atoms with Crippen molar-refractivity contribution in [3.8, 4) is 0 Å². The molecule has 3 rings (SSSR count). The summed E-state index contributed by atoms with van der Waals surface area (Å²) in [5, 5.41) is 9.79. The predicted molar refractivity (Wildman–Crippen MR) is 90.9 cm³/mol. The van der Waals surface area contributed by atoms with Crippen LogP contribution in [0.2, 0.25) is 0 Å². The van der Waals surface area contributed by atoms with Gasteiger partial charge >= 0.3 is 6.03 Å². The molecule has 0 atom stereocenters. The van der Waals surface area contributed by atoms with E-state index in [9.17, 15) is 9.59 Å². The highest BCUT2D eigenvalue weighted by atomic mass is 16.2. The van der Waals surface area contributed by atoms with Gasteiger partial charge in [-0.15, -0.1) is 0 Å². The van der Waals surface area contributed by atoms with E-state index in [0.29, 0.717) is 24.3 Å². The van der Waals surface area contributed by atoms with E-state index < -0.39 is 0 Å². The van der Waals surface area contributed by atoms with Crippen LogP contribution in [0.5, 0.6) is 0 Å². The smallest absolute Gasteiger partial charge is 0.321 e. The average Bonchev–Trinajstić information content (AvgIpc) is 3.03. The summed E-state index contributed by atoms with van der Waals surface area (Å²) in [4.78, 5) is 28.2. The molecule has 0 saturated heterocycles. The van der Waals surface area contributed by atoms with Gasteiger partial charge in [-0.1, -0.05) is 11.6 Å². The number of hydrogen-bond acceptors (Lipinski definition) is 3. The van der Waals surface area contributed by atoms with Crippen molar-refractivity contribution in [2.75, 3.05) is 26.0 Å². The molecular weight excluding hydrogens is 306 g/mol. The van der Waals surface area contributed by atoms with Gasteiger partial charge < -0.3 is 15.1 Å². The molecule has 3 amide bonds. The van der Waals surface area contributed by atoms with Crippen LogP contribution in [0, 0.1) is 6.92 Å². The van der Waals surface area contributed by atoms with Crippen molar-refractivity contribution in [3.05, 3.63) is 46.8 Å². The first kappa shape index (κ1) is 16.0. The number of aryl methyl sites for hydroxylation is 1. The van der Waals surface area contributed by atoms with Gasteiger partial charge in [0.1, 0.15) is 0 Å². The molecular formula is C17H21N5O2. The second-order valence-electron chi connectivity index (χ2n) is 6.22. The van der Waals surface area contributed by atoms with Gasteiger partial charge in [0, 0.05) is 44.9 Å². The number of carbonyl (C=O) groups excluding carboxylic acids is 2. The lowest BCUT2D eigenvalue weighted by Gasteiger charge is -2.27. The third-order valence-electron chi connectivity index (χ3n) is 4.14. The number of nitrogens with one attached hydrogen (secondary N) is 2. The van der Waals surface area contributed by atoms with Gasteiger partial charge in [0.15, 0.2) is 0 Å². The molecule has 0 saturated carbocycles. The molecule has 24 heavy (non-hydrogen) atoms. The van der Waals surface area contributed by atoms with Crippen molar-refractivity contribution < 1.29 is 9.59 Å². The lowest BCUT2D eigenvalue weighted by molar-refractivity contribution is 0.0735. The molecule has 1 aromatic carbocycles. The van der Waals surface area contributed by atoms with Crippen LogP contribution in [0.1, 0.15) is 27.2 Å². The number of anilines is 1. The van der Waals surface area contributed by atoms with E-state index in [2.05, 4.69) is 15.5 Å². The maximum absolute atomic E-state index is 13.0. The van der Waals surface area contributed by atoms with E-state index >= 15 is 0 Å². The summed E-state index contributed by atoms with van der Waals surface area (Å²) in [5.74, 6) is -0.0837. The van der Waals surface area contributed by atoms with Crippen LogP contribution < -0.4 is 5.32 Å². The minimum atomic E-state index is -0.260. The molecule has 2 heterocycles. The molecule has 2 aromatic rings. The predicted octanol–water partition coefficient (Wildman–Crippen LogP) is 2.01. The van der Waals surface area contributed by atoms with Crippen LogP contribution >= 0.6 is 0 Å². The number of H-pyrrole nitrogens is 1. The first-order valence-electron chi connectivity index (χ1n) is 7.85. The van der Waals surface area contributed by atoms with Gasteiger partial charge in [0.05, 0.1) is 17.4 Å². The summed E-state index contributed by atoms with van der Waals surface area (Å²) < 4.78 is 0. The van der Waals surface area contributed by atoms with E-state index in [0.717, 1.165) is 23.2 Å². The quantitative estimate of drug-likeness (QED) is 0.885. The Balaban J connectivity index is 1.86. The summed E-state index contributed by atoms with van der Waals surface area (Å²) in [5.41, 5.74) is 4.15. The molecule has 2 N–H and O–H groups in total. The number of aromatic amines is 1. The lowest BCUT2D eigenvalue weighted by Crippen LogP contribution is -2.36. The summed E-state index contributed by atoms with van der Waals surface area (Å²) >= 11 is 0. The Hall–Kier alpha value is -2.83. The third kappa shape index (κ3) is 3.10. The van der Waals surface area contributed by atoms with Gasteiger partial charge in [-0.25, -0.2) is 4.79 Å². The first-order valence-corrected chi connectivity index (χ1v) is 7.85. The van der Waals surface area contributed by atoms with Gasteiger partial charge in [-0.3, -0.25) is 9.89 Å². The normalized spacial score (nSPS) is 13.4. The van der Waals surface area contributed by atoms with Crippen LogP contribution in [0.15, 0.2) is 24.4 Å². The van der Waals surface area contributed by atoms with Crippen molar-refractivity contribution in [1.82, 2.24) is 20.0 Å². The van der Waals surface area contributed by atoms with Gasteiger partial charge in [-0.05, 0) is 19.1 Å². The van der Waals surface area contributed by atoms with Gasteiger partial charge in [0.25, 0.3) is 5.91 Å². The lowest BCUT2D eigenvalue weighted by atomic mass is 10.0. The number of nitrogens with zero attached hydrogens (tertiary/aromatic N) is 3. The largest absolute Gasteiger partial charge is 0.334 e. The summed E-state index contributed by atoms with van der Waals surface area (Å²) in [6.45, 7) is 3.08. The maximum Gasteiger partial charge on any atom is 0.321 e. The monoisotopic (exact) mass is 327 g/mol. The van der Waals surface area contributed by atoms with Crippen molar-refractivity contribution in [1.29, 1.82) is 0 Å². The standard InChI is InChI=1S/C17H21N5O2/c1-11-4-5-15(19-17(24)21(2)3)13(8-11)16(23)22-7-6-14-12(10-22)9-18-20-14/h4-5,8-9H,6-7,10H2,1-3H3,(H,18,20)(H,19,24). The first-order chi connectivity index (χ1) is 11.5. The molecule has 7 nitrogen and oxygen atoms in total. The fourth-order valence-electron chi connectivity index (χ4n) is 2.74. The zero-order valence-electron chi connectivity index (χ0n) is 14.1. The van der Waals surface area contributed by atoms with E-state index in [1.54, 1.807) is 31.3 Å². The molecule has 7 heteroatoms. The maximum atomic E-state index is 13.0. The average molecular weight is 327 g/mol. The SMILES string of the molecule is Cc1ccc(NC(=O)N(C)C)c(C(=O)N2CCc3[nH]ncc3C2)c1. The summed E-state index contributed by atoms with van der Waals surface area (Å²) in [7, 11) is 3.33. The Morgan fingerprint density at radius 1 is 1.33 bits per heavy atom. The Kier molecular flexibility index (Phi) is 4.24. The number of amides is 3. The van der Waals surface area contributed by atoms with Crippen LogP contribution in [0.25, 0.3) is 0 Å². The van der Waals surface area contributed by atoms with E-state index in [4.69, 9.17) is 0 Å². The molecule has 0 bridgehead atoms. The number of hydrogen-bond donors (Lipinski definition) is 2. The Morgan fingerprint density at radius 3 is 2.88 bits per heavy atom. The number of benzene rings is 1. The molecule has 0 unspecified atom stereocenters. The van der Waals surface area contributed by atoms with Crippen LogP contribution in [-0.2, 0) is 13.0 Å². The van der Waals surface area contributed by atoms with Crippen molar-refractivity contribution in [2.24, 2.45) is 0 Å². The van der Waals surface area contributed by atoms with E-state index in [1.165, 1.54) is 4.90 Å². The molecule has 0 spiro atoms. The molecule has 1 aromatic heterocycles. The number of fused-ring (bicyclic) bond motifs is 1. The van der Waals surface area contributed by atoms with E-state index in [-0.39, 0.29) is 11.9 Å². The summed E-state index contributed by atoms with van der Waals surface area (Å²) in [6.07, 6.45) is 2.52. The number of aromatic nitrogens is 2. The Bertz CT molecular complexity index is 781. The second kappa shape index (κ2) is 6.35. The van der Waals surface area contributed by atoms with Crippen LogP contribution in [-0.4, -0.2) is 52.6 Å². The highest BCUT2D eigenvalue weighted by Crippen LogP contribution is 2.23. The van der Waals surface area contributed by atoms with Crippen molar-refractivity contribution in [3.63, 3.8) is 0 Å². The molecule has 0 radical (unpaired) electrons. The number of urea groups is 1. The Morgan fingerprint density at radius 2 is 2.12 bits per heavy atom. The zero-order chi connectivity index (χ0) is 17.3. The second-order valence-corrected chi connectivity index (χ2v) is 6.22. The topological polar surface area (TPSA) is 81.3 Å². The summed E-state index contributed by atoms with van der Waals surface area (Å²) in [6, 6.07) is 5.21. The minimum absolute atomic E-state index is 0.0837. The van der Waals surface area contributed by atoms with Gasteiger partial charge in [0.2, 0.25) is 0 Å². The molecule has 0 fully saturated rings. The highest BCUT2D eigenvalue weighted by molar-refractivity contribution is 6.03. The van der Waals surface area contributed by atoms with Gasteiger partial charge in [-0.2, -0.15) is 5.10 Å². The molecule has 1 aliphatic heterocycles. The van der Waals surface area contributed by atoms with E-state index in [1.807, 2.05) is 19.1 Å². The number of rotatable bonds is 2. The highest BCUT2D eigenvalue weighted by Gasteiger charge is 2.25.